The molecule has 3 heterocycles. The molecule has 2 aliphatic heterocycles. The molecule has 4 nitrogen and oxygen atoms in total. The first-order valence-corrected chi connectivity index (χ1v) is 5.48. The van der Waals surface area contributed by atoms with E-state index in [1.54, 1.807) is 0 Å². The third-order valence-corrected chi connectivity index (χ3v) is 3.27. The summed E-state index contributed by atoms with van der Waals surface area (Å²) in [6, 6.07) is 4.67. The number of piperazine rings is 1. The van der Waals surface area contributed by atoms with Crippen molar-refractivity contribution < 1.29 is 0 Å². The quantitative estimate of drug-likeness (QED) is 0.671. The molecule has 0 aromatic carbocycles. The van der Waals surface area contributed by atoms with E-state index in [1.165, 1.54) is 5.69 Å². The first-order valence-electron chi connectivity index (χ1n) is 5.48. The molecule has 15 heavy (non-hydrogen) atoms. The molecular formula is C11H16N4. The van der Waals surface area contributed by atoms with Crippen molar-refractivity contribution in [3.63, 3.8) is 0 Å². The first kappa shape index (κ1) is 8.97. The van der Waals surface area contributed by atoms with Gasteiger partial charge in [0, 0.05) is 32.4 Å². The van der Waals surface area contributed by atoms with Crippen LogP contribution >= 0.6 is 0 Å². The Morgan fingerprint density at radius 2 is 2.40 bits per heavy atom. The number of likely N-dealkylation sites (N-methyl/N-ethyl adjacent to an activating group) is 1. The summed E-state index contributed by atoms with van der Waals surface area (Å²) in [5.41, 5.74) is 1.18. The first-order chi connectivity index (χ1) is 7.34. The van der Waals surface area contributed by atoms with E-state index in [1.807, 2.05) is 12.3 Å². The molecule has 1 atom stereocenters. The number of aromatic nitrogens is 1. The Kier molecular flexibility index (Phi) is 2.02. The Morgan fingerprint density at radius 1 is 1.47 bits per heavy atom. The van der Waals surface area contributed by atoms with Crippen LogP contribution in [-0.2, 0) is 0 Å². The van der Waals surface area contributed by atoms with E-state index < -0.39 is 0 Å². The largest absolute Gasteiger partial charge is 0.380 e. The maximum absolute atomic E-state index is 4.47. The van der Waals surface area contributed by atoms with Gasteiger partial charge in [-0.25, -0.2) is 4.98 Å². The Morgan fingerprint density at radius 3 is 3.33 bits per heavy atom. The lowest BCUT2D eigenvalue weighted by atomic mass is 10.1. The lowest BCUT2D eigenvalue weighted by Crippen LogP contribution is -2.56. The molecule has 3 rings (SSSR count). The maximum Gasteiger partial charge on any atom is 0.152 e. The van der Waals surface area contributed by atoms with Gasteiger partial charge in [-0.1, -0.05) is 0 Å². The zero-order chi connectivity index (χ0) is 10.3. The molecule has 0 bridgehead atoms. The minimum absolute atomic E-state index is 0.575. The number of nitrogens with one attached hydrogen (secondary N) is 1. The Hall–Kier alpha value is -1.29. The van der Waals surface area contributed by atoms with Crippen molar-refractivity contribution in [1.82, 2.24) is 9.88 Å². The van der Waals surface area contributed by atoms with Crippen molar-refractivity contribution in [1.29, 1.82) is 0 Å². The lowest BCUT2D eigenvalue weighted by Gasteiger charge is -2.44. The molecule has 1 unspecified atom stereocenters. The van der Waals surface area contributed by atoms with Gasteiger partial charge in [-0.2, -0.15) is 0 Å². The SMILES string of the molecule is CN1CCN2c3ncccc3NCC2C1. The molecule has 2 aliphatic rings. The summed E-state index contributed by atoms with van der Waals surface area (Å²) in [4.78, 5) is 9.30. The van der Waals surface area contributed by atoms with Crippen molar-refractivity contribution >= 4 is 11.5 Å². The summed E-state index contributed by atoms with van der Waals surface area (Å²) in [7, 11) is 2.19. The van der Waals surface area contributed by atoms with Crippen LogP contribution in [0.2, 0.25) is 0 Å². The van der Waals surface area contributed by atoms with Crippen molar-refractivity contribution in [2.45, 2.75) is 6.04 Å². The highest BCUT2D eigenvalue weighted by molar-refractivity contribution is 5.68. The summed E-state index contributed by atoms with van der Waals surface area (Å²) in [5.74, 6) is 1.13. The van der Waals surface area contributed by atoms with Crippen molar-refractivity contribution in [2.24, 2.45) is 0 Å². The molecule has 1 aromatic heterocycles. The number of pyridine rings is 1. The lowest BCUT2D eigenvalue weighted by molar-refractivity contribution is 0.269. The number of nitrogens with zero attached hydrogens (tertiary/aromatic N) is 3. The number of anilines is 2. The van der Waals surface area contributed by atoms with Gasteiger partial charge in [0.2, 0.25) is 0 Å². The number of rotatable bonds is 0. The topological polar surface area (TPSA) is 31.4 Å². The molecule has 0 spiro atoms. The van der Waals surface area contributed by atoms with E-state index in [2.05, 4.69) is 33.2 Å². The van der Waals surface area contributed by atoms with Crippen LogP contribution in [0.15, 0.2) is 18.3 Å². The molecule has 4 heteroatoms. The van der Waals surface area contributed by atoms with E-state index in [0.717, 1.165) is 32.0 Å². The van der Waals surface area contributed by atoms with Gasteiger partial charge in [-0.05, 0) is 19.2 Å². The zero-order valence-electron chi connectivity index (χ0n) is 8.98. The monoisotopic (exact) mass is 204 g/mol. The average Bonchev–Trinajstić information content (AvgIpc) is 2.28. The van der Waals surface area contributed by atoms with Gasteiger partial charge >= 0.3 is 0 Å². The highest BCUT2D eigenvalue weighted by Crippen LogP contribution is 2.29. The van der Waals surface area contributed by atoms with E-state index in [4.69, 9.17) is 0 Å². The van der Waals surface area contributed by atoms with Crippen LogP contribution in [0.25, 0.3) is 0 Å². The summed E-state index contributed by atoms with van der Waals surface area (Å²) in [6.07, 6.45) is 1.88. The third kappa shape index (κ3) is 1.45. The van der Waals surface area contributed by atoms with Gasteiger partial charge in [0.15, 0.2) is 5.82 Å². The highest BCUT2D eigenvalue weighted by Gasteiger charge is 2.30. The highest BCUT2D eigenvalue weighted by atomic mass is 15.3. The van der Waals surface area contributed by atoms with E-state index in [-0.39, 0.29) is 0 Å². The number of hydrogen-bond acceptors (Lipinski definition) is 4. The molecule has 0 radical (unpaired) electrons. The van der Waals surface area contributed by atoms with E-state index in [0.29, 0.717) is 6.04 Å². The van der Waals surface area contributed by atoms with Crippen LogP contribution in [0.1, 0.15) is 0 Å². The van der Waals surface area contributed by atoms with Crippen LogP contribution in [0.3, 0.4) is 0 Å². The Labute approximate surface area is 89.9 Å². The Bertz CT molecular complexity index is 365. The molecule has 0 aliphatic carbocycles. The van der Waals surface area contributed by atoms with Gasteiger partial charge in [-0.15, -0.1) is 0 Å². The molecule has 1 fully saturated rings. The minimum Gasteiger partial charge on any atom is -0.380 e. The summed E-state index contributed by atoms with van der Waals surface area (Å²) in [6.45, 7) is 4.38. The maximum atomic E-state index is 4.47. The second-order valence-electron chi connectivity index (χ2n) is 4.36. The summed E-state index contributed by atoms with van der Waals surface area (Å²) >= 11 is 0. The Balaban J connectivity index is 1.93. The van der Waals surface area contributed by atoms with E-state index >= 15 is 0 Å². The molecule has 1 aromatic rings. The van der Waals surface area contributed by atoms with Crippen molar-refractivity contribution in [2.75, 3.05) is 43.4 Å². The molecular weight excluding hydrogens is 188 g/mol. The second-order valence-corrected chi connectivity index (χ2v) is 4.36. The molecule has 0 amide bonds. The predicted octanol–water partition coefficient (Wildman–Crippen LogP) is 0.627. The molecule has 1 saturated heterocycles. The number of fused-ring (bicyclic) bond motifs is 3. The standard InChI is InChI=1S/C11H16N4/c1-14-5-6-15-9(8-14)7-13-10-3-2-4-12-11(10)15/h2-4,9,13H,5-8H2,1H3. The van der Waals surface area contributed by atoms with Gasteiger partial charge < -0.3 is 15.1 Å². The van der Waals surface area contributed by atoms with Crippen LogP contribution in [0.4, 0.5) is 11.5 Å². The second kappa shape index (κ2) is 3.38. The summed E-state index contributed by atoms with van der Waals surface area (Å²) in [5, 5.41) is 3.45. The average molecular weight is 204 g/mol. The van der Waals surface area contributed by atoms with Crippen LogP contribution in [0.5, 0.6) is 0 Å². The van der Waals surface area contributed by atoms with Gasteiger partial charge in [0.1, 0.15) is 0 Å². The number of hydrogen-bond donors (Lipinski definition) is 1. The summed E-state index contributed by atoms with van der Waals surface area (Å²) < 4.78 is 0. The van der Waals surface area contributed by atoms with Crippen LogP contribution < -0.4 is 10.2 Å². The van der Waals surface area contributed by atoms with E-state index in [9.17, 15) is 0 Å². The fourth-order valence-corrected chi connectivity index (χ4v) is 2.46. The zero-order valence-corrected chi connectivity index (χ0v) is 8.98. The fraction of sp³-hybridized carbons (Fsp3) is 0.545. The van der Waals surface area contributed by atoms with Crippen molar-refractivity contribution in [3.8, 4) is 0 Å². The van der Waals surface area contributed by atoms with Gasteiger partial charge in [0.05, 0.1) is 11.7 Å². The normalized spacial score (nSPS) is 25.4. The van der Waals surface area contributed by atoms with Gasteiger partial charge in [0.25, 0.3) is 0 Å². The third-order valence-electron chi connectivity index (χ3n) is 3.27. The fourth-order valence-electron chi connectivity index (χ4n) is 2.46. The molecule has 0 saturated carbocycles. The molecule has 80 valence electrons. The van der Waals surface area contributed by atoms with Crippen LogP contribution in [0, 0.1) is 0 Å². The minimum atomic E-state index is 0.575. The van der Waals surface area contributed by atoms with Gasteiger partial charge in [-0.3, -0.25) is 0 Å². The van der Waals surface area contributed by atoms with Crippen LogP contribution in [-0.4, -0.2) is 49.2 Å². The molecule has 1 N–H and O–H groups in total. The van der Waals surface area contributed by atoms with Crippen molar-refractivity contribution in [3.05, 3.63) is 18.3 Å². The predicted molar refractivity (Wildman–Crippen MR) is 61.4 cm³/mol. The smallest absolute Gasteiger partial charge is 0.152 e.